The van der Waals surface area contributed by atoms with E-state index in [0.717, 1.165) is 5.56 Å². The van der Waals surface area contributed by atoms with E-state index in [0.29, 0.717) is 19.5 Å². The molecular formula is C10H15N3O2S. The van der Waals surface area contributed by atoms with E-state index in [2.05, 4.69) is 4.98 Å². The van der Waals surface area contributed by atoms with Crippen molar-refractivity contribution in [2.75, 3.05) is 18.8 Å². The molecule has 0 amide bonds. The first-order chi connectivity index (χ1) is 7.58. The number of hydrogen-bond donors (Lipinski definition) is 1. The maximum Gasteiger partial charge on any atom is 0.214 e. The number of pyridine rings is 1. The summed E-state index contributed by atoms with van der Waals surface area (Å²) in [5.74, 6) is 0.143. The monoisotopic (exact) mass is 241 g/mol. The molecule has 0 spiro atoms. The number of rotatable bonds is 4. The number of nitrogens with two attached hydrogens (primary N) is 1. The van der Waals surface area contributed by atoms with Gasteiger partial charge in [0, 0.05) is 31.5 Å². The summed E-state index contributed by atoms with van der Waals surface area (Å²) >= 11 is 0. The molecule has 1 aliphatic heterocycles. The fraction of sp³-hybridized carbons (Fsp3) is 0.500. The van der Waals surface area contributed by atoms with Crippen LogP contribution < -0.4 is 5.73 Å². The van der Waals surface area contributed by atoms with E-state index >= 15 is 0 Å². The second-order valence-corrected chi connectivity index (χ2v) is 6.09. The van der Waals surface area contributed by atoms with Crippen molar-refractivity contribution in [3.05, 3.63) is 30.1 Å². The number of aryl methyl sites for hydroxylation is 1. The number of hydrogen-bond acceptors (Lipinski definition) is 4. The van der Waals surface area contributed by atoms with Crippen molar-refractivity contribution in [1.82, 2.24) is 9.29 Å². The Labute approximate surface area is 95.3 Å². The van der Waals surface area contributed by atoms with Crippen molar-refractivity contribution >= 4 is 10.0 Å². The molecule has 0 atom stereocenters. The molecule has 16 heavy (non-hydrogen) atoms. The molecule has 88 valence electrons. The molecule has 1 aliphatic rings. The summed E-state index contributed by atoms with van der Waals surface area (Å²) < 4.78 is 25.0. The highest BCUT2D eigenvalue weighted by atomic mass is 32.2. The van der Waals surface area contributed by atoms with E-state index < -0.39 is 10.0 Å². The van der Waals surface area contributed by atoms with E-state index in [4.69, 9.17) is 5.73 Å². The minimum Gasteiger partial charge on any atom is -0.325 e. The molecule has 5 nitrogen and oxygen atoms in total. The van der Waals surface area contributed by atoms with Gasteiger partial charge in [0.2, 0.25) is 10.0 Å². The maximum absolute atomic E-state index is 11.8. The summed E-state index contributed by atoms with van der Waals surface area (Å²) in [6, 6.07) is 3.67. The third-order valence-corrected chi connectivity index (χ3v) is 4.47. The van der Waals surface area contributed by atoms with Gasteiger partial charge in [0.05, 0.1) is 5.75 Å². The van der Waals surface area contributed by atoms with Crippen molar-refractivity contribution in [3.8, 4) is 0 Å². The quantitative estimate of drug-likeness (QED) is 0.778. The first kappa shape index (κ1) is 11.5. The average Bonchev–Trinajstić information content (AvgIpc) is 2.24. The summed E-state index contributed by atoms with van der Waals surface area (Å²) in [5.41, 5.74) is 6.55. The lowest BCUT2D eigenvalue weighted by molar-refractivity contribution is 0.265. The molecular weight excluding hydrogens is 226 g/mol. The molecule has 2 rings (SSSR count). The lowest BCUT2D eigenvalue weighted by Crippen LogP contribution is -2.58. The summed E-state index contributed by atoms with van der Waals surface area (Å²) in [4.78, 5) is 3.89. The summed E-state index contributed by atoms with van der Waals surface area (Å²) in [6.45, 7) is 0.914. The standard InChI is InChI=1S/C10H15N3O2S/c11-10-7-13(8-10)16(14,15)6-3-9-1-4-12-5-2-9/h1-2,4-5,10H,3,6-8,11H2. The zero-order chi connectivity index (χ0) is 11.6. The van der Waals surface area contributed by atoms with Gasteiger partial charge < -0.3 is 5.73 Å². The Bertz CT molecular complexity index is 440. The van der Waals surface area contributed by atoms with Crippen LogP contribution in [0.3, 0.4) is 0 Å². The Balaban J connectivity index is 1.90. The molecule has 1 aromatic heterocycles. The van der Waals surface area contributed by atoms with Crippen LogP contribution in [0.15, 0.2) is 24.5 Å². The fourth-order valence-corrected chi connectivity index (χ4v) is 3.21. The lowest BCUT2D eigenvalue weighted by atomic mass is 10.2. The van der Waals surface area contributed by atoms with Crippen LogP contribution in [0.5, 0.6) is 0 Å². The Kier molecular flexibility index (Phi) is 3.22. The van der Waals surface area contributed by atoms with Crippen LogP contribution in [0.25, 0.3) is 0 Å². The number of nitrogens with zero attached hydrogens (tertiary/aromatic N) is 2. The van der Waals surface area contributed by atoms with Gasteiger partial charge in [0.1, 0.15) is 0 Å². The molecule has 0 aromatic carbocycles. The SMILES string of the molecule is NC1CN(S(=O)(=O)CCc2ccncc2)C1. The fourth-order valence-electron chi connectivity index (χ4n) is 1.62. The molecule has 1 fully saturated rings. The van der Waals surface area contributed by atoms with Gasteiger partial charge in [-0.1, -0.05) is 0 Å². The normalized spacial score (nSPS) is 18.3. The molecule has 1 aromatic rings. The number of aromatic nitrogens is 1. The molecule has 0 unspecified atom stereocenters. The maximum atomic E-state index is 11.8. The van der Waals surface area contributed by atoms with Crippen molar-refractivity contribution in [2.24, 2.45) is 5.73 Å². The van der Waals surface area contributed by atoms with Gasteiger partial charge in [-0.2, -0.15) is 4.31 Å². The van der Waals surface area contributed by atoms with Crippen molar-refractivity contribution in [1.29, 1.82) is 0 Å². The topological polar surface area (TPSA) is 76.3 Å². The summed E-state index contributed by atoms with van der Waals surface area (Å²) in [5, 5.41) is 0. The van der Waals surface area contributed by atoms with E-state index in [9.17, 15) is 8.42 Å². The first-order valence-electron chi connectivity index (χ1n) is 5.20. The Hall–Kier alpha value is -0.980. The Morgan fingerprint density at radius 3 is 2.56 bits per heavy atom. The van der Waals surface area contributed by atoms with Crippen molar-refractivity contribution in [2.45, 2.75) is 12.5 Å². The molecule has 0 saturated carbocycles. The van der Waals surface area contributed by atoms with Gasteiger partial charge in [-0.15, -0.1) is 0 Å². The van der Waals surface area contributed by atoms with Gasteiger partial charge in [-0.25, -0.2) is 8.42 Å². The summed E-state index contributed by atoms with van der Waals surface area (Å²) in [6.07, 6.45) is 3.86. The molecule has 0 radical (unpaired) electrons. The van der Waals surface area contributed by atoms with E-state index in [1.165, 1.54) is 4.31 Å². The van der Waals surface area contributed by atoms with Gasteiger partial charge in [-0.3, -0.25) is 4.98 Å². The van der Waals surface area contributed by atoms with E-state index in [1.54, 1.807) is 12.4 Å². The second-order valence-electron chi connectivity index (χ2n) is 4.00. The Morgan fingerprint density at radius 1 is 1.38 bits per heavy atom. The largest absolute Gasteiger partial charge is 0.325 e. The zero-order valence-electron chi connectivity index (χ0n) is 8.91. The highest BCUT2D eigenvalue weighted by Crippen LogP contribution is 2.13. The van der Waals surface area contributed by atoms with Crippen molar-refractivity contribution in [3.63, 3.8) is 0 Å². The zero-order valence-corrected chi connectivity index (χ0v) is 9.73. The van der Waals surface area contributed by atoms with Gasteiger partial charge in [0.25, 0.3) is 0 Å². The van der Waals surface area contributed by atoms with Crippen molar-refractivity contribution < 1.29 is 8.42 Å². The van der Waals surface area contributed by atoms with Crippen LogP contribution in [0, 0.1) is 0 Å². The lowest BCUT2D eigenvalue weighted by Gasteiger charge is -2.35. The predicted octanol–water partition coefficient (Wildman–Crippen LogP) is -0.403. The van der Waals surface area contributed by atoms with Crippen LogP contribution in [-0.4, -0.2) is 42.6 Å². The van der Waals surface area contributed by atoms with Crippen LogP contribution in [-0.2, 0) is 16.4 Å². The predicted molar refractivity (Wildman–Crippen MR) is 61.3 cm³/mol. The third-order valence-electron chi connectivity index (χ3n) is 2.67. The number of sulfonamides is 1. The molecule has 6 heteroatoms. The minimum absolute atomic E-state index is 0.00991. The van der Waals surface area contributed by atoms with Crippen LogP contribution in [0.4, 0.5) is 0 Å². The smallest absolute Gasteiger partial charge is 0.214 e. The van der Waals surface area contributed by atoms with E-state index in [1.807, 2.05) is 12.1 Å². The molecule has 2 heterocycles. The van der Waals surface area contributed by atoms with Crippen LogP contribution in [0.2, 0.25) is 0 Å². The second kappa shape index (κ2) is 4.48. The highest BCUT2D eigenvalue weighted by molar-refractivity contribution is 7.89. The van der Waals surface area contributed by atoms with Crippen LogP contribution in [0.1, 0.15) is 5.56 Å². The van der Waals surface area contributed by atoms with Gasteiger partial charge >= 0.3 is 0 Å². The minimum atomic E-state index is -3.12. The van der Waals surface area contributed by atoms with Gasteiger partial charge in [0.15, 0.2) is 0 Å². The summed E-state index contributed by atoms with van der Waals surface area (Å²) in [7, 11) is -3.12. The average molecular weight is 241 g/mol. The van der Waals surface area contributed by atoms with E-state index in [-0.39, 0.29) is 11.8 Å². The molecule has 2 N–H and O–H groups in total. The van der Waals surface area contributed by atoms with Crippen LogP contribution >= 0.6 is 0 Å². The highest BCUT2D eigenvalue weighted by Gasteiger charge is 2.32. The molecule has 1 saturated heterocycles. The third kappa shape index (κ3) is 2.58. The Morgan fingerprint density at radius 2 is 2.00 bits per heavy atom. The van der Waals surface area contributed by atoms with Gasteiger partial charge in [-0.05, 0) is 24.1 Å². The first-order valence-corrected chi connectivity index (χ1v) is 6.81. The molecule has 0 bridgehead atoms. The molecule has 0 aliphatic carbocycles.